The lowest BCUT2D eigenvalue weighted by Gasteiger charge is -2.46. The van der Waals surface area contributed by atoms with Gasteiger partial charge in [0.25, 0.3) is 0 Å². The number of aliphatic hydroxyl groups is 1. The standard InChI is InChI=1S/C39H46O13/c1-24-32(49-25(2)40)35(50-26(3)41)37(51-27(4)42)39(48-24)47-23-31-33(44-20-28-14-8-5-9-15-28)34(45-21-29-16-10-6-11-17-29)36(38(43)52-31)46-22-30-18-12-7-13-19-30/h5-19,24,31-39,43H,20-23H2,1-4H3/t24-,31+,32-,33+,34-,35+,36+,37+,38-,39+/m0/s1. The van der Waals surface area contributed by atoms with Gasteiger partial charge in [-0.05, 0) is 23.6 Å². The molecule has 2 fully saturated rings. The van der Waals surface area contributed by atoms with Crippen LogP contribution in [-0.4, -0.2) is 91.0 Å². The molecule has 0 radical (unpaired) electrons. The topological polar surface area (TPSA) is 155 Å². The van der Waals surface area contributed by atoms with Crippen LogP contribution in [0.3, 0.4) is 0 Å². The van der Waals surface area contributed by atoms with E-state index in [1.165, 1.54) is 20.8 Å². The van der Waals surface area contributed by atoms with E-state index in [1.54, 1.807) is 6.92 Å². The number of rotatable bonds is 15. The summed E-state index contributed by atoms with van der Waals surface area (Å²) in [5, 5.41) is 11.5. The number of ether oxygens (including phenoxy) is 9. The van der Waals surface area contributed by atoms with E-state index in [4.69, 9.17) is 42.6 Å². The number of hydrogen-bond acceptors (Lipinski definition) is 13. The number of carbonyl (C=O) groups excluding carboxylic acids is 3. The van der Waals surface area contributed by atoms with Gasteiger partial charge >= 0.3 is 17.9 Å². The van der Waals surface area contributed by atoms with Gasteiger partial charge < -0.3 is 47.7 Å². The lowest BCUT2D eigenvalue weighted by molar-refractivity contribution is -0.337. The smallest absolute Gasteiger partial charge is 0.303 e. The molecule has 2 aliphatic heterocycles. The summed E-state index contributed by atoms with van der Waals surface area (Å²) in [5.41, 5.74) is 2.67. The molecule has 5 rings (SSSR count). The summed E-state index contributed by atoms with van der Waals surface area (Å²) >= 11 is 0. The van der Waals surface area contributed by atoms with Crippen LogP contribution >= 0.6 is 0 Å². The van der Waals surface area contributed by atoms with Crippen molar-refractivity contribution in [2.75, 3.05) is 6.61 Å². The molecule has 13 heteroatoms. The van der Waals surface area contributed by atoms with E-state index in [0.29, 0.717) is 0 Å². The average Bonchev–Trinajstić information content (AvgIpc) is 3.12. The predicted molar refractivity (Wildman–Crippen MR) is 183 cm³/mol. The van der Waals surface area contributed by atoms with E-state index >= 15 is 0 Å². The van der Waals surface area contributed by atoms with Gasteiger partial charge in [-0.25, -0.2) is 0 Å². The lowest BCUT2D eigenvalue weighted by atomic mass is 9.97. The first-order valence-corrected chi connectivity index (χ1v) is 17.2. The van der Waals surface area contributed by atoms with Gasteiger partial charge in [0.15, 0.2) is 30.9 Å². The van der Waals surface area contributed by atoms with E-state index in [0.717, 1.165) is 16.7 Å². The first-order chi connectivity index (χ1) is 25.1. The van der Waals surface area contributed by atoms with Gasteiger partial charge in [0.2, 0.25) is 0 Å². The van der Waals surface area contributed by atoms with Crippen LogP contribution in [0.2, 0.25) is 0 Å². The Morgan fingerprint density at radius 1 is 0.538 bits per heavy atom. The Balaban J connectivity index is 1.42. The van der Waals surface area contributed by atoms with Crippen LogP contribution in [0.25, 0.3) is 0 Å². The molecule has 0 aromatic heterocycles. The molecule has 10 atom stereocenters. The van der Waals surface area contributed by atoms with Crippen molar-refractivity contribution in [3.63, 3.8) is 0 Å². The molecule has 0 unspecified atom stereocenters. The van der Waals surface area contributed by atoms with E-state index < -0.39 is 79.3 Å². The van der Waals surface area contributed by atoms with Crippen molar-refractivity contribution in [2.24, 2.45) is 0 Å². The van der Waals surface area contributed by atoms with Crippen molar-refractivity contribution < 1.29 is 62.1 Å². The van der Waals surface area contributed by atoms with Crippen molar-refractivity contribution in [1.29, 1.82) is 0 Å². The number of carbonyl (C=O) groups is 3. The molecule has 0 spiro atoms. The highest BCUT2D eigenvalue weighted by Crippen LogP contribution is 2.33. The van der Waals surface area contributed by atoms with Crippen molar-refractivity contribution in [3.05, 3.63) is 108 Å². The van der Waals surface area contributed by atoms with Gasteiger partial charge in [-0.1, -0.05) is 91.0 Å². The maximum absolute atomic E-state index is 12.3. The summed E-state index contributed by atoms with van der Waals surface area (Å²) in [6.07, 6.45) is -10.9. The van der Waals surface area contributed by atoms with E-state index in [2.05, 4.69) is 0 Å². The Labute approximate surface area is 302 Å². The average molecular weight is 723 g/mol. The highest BCUT2D eigenvalue weighted by atomic mass is 16.7. The van der Waals surface area contributed by atoms with Crippen LogP contribution in [0.15, 0.2) is 91.0 Å². The van der Waals surface area contributed by atoms with E-state index in [9.17, 15) is 19.5 Å². The molecule has 280 valence electrons. The SMILES string of the molecule is CC(=O)O[C@@H]1[C@@H](OC(C)=O)[C@H](C)O[C@@H](OC[C@H]2O[C@H](O)[C@H](OCc3ccccc3)[C@@H](OCc3ccccc3)[C@@H]2OCc2ccccc2)[C@@H]1OC(C)=O. The third-order valence-corrected chi connectivity index (χ3v) is 8.52. The molecule has 3 aromatic rings. The van der Waals surface area contributed by atoms with Gasteiger partial charge in [-0.2, -0.15) is 0 Å². The molecule has 0 bridgehead atoms. The minimum absolute atomic E-state index is 0.169. The summed E-state index contributed by atoms with van der Waals surface area (Å²) in [6, 6.07) is 28.6. The van der Waals surface area contributed by atoms with Crippen molar-refractivity contribution in [1.82, 2.24) is 0 Å². The summed E-state index contributed by atoms with van der Waals surface area (Å²) in [6.45, 7) is 5.44. The van der Waals surface area contributed by atoms with E-state index in [1.807, 2.05) is 91.0 Å². The first-order valence-electron chi connectivity index (χ1n) is 17.2. The summed E-state index contributed by atoms with van der Waals surface area (Å²) in [5.74, 6) is -2.05. The fourth-order valence-electron chi connectivity index (χ4n) is 6.19. The maximum atomic E-state index is 12.3. The molecule has 1 N–H and O–H groups in total. The zero-order valence-electron chi connectivity index (χ0n) is 29.6. The fraction of sp³-hybridized carbons (Fsp3) is 0.462. The Morgan fingerprint density at radius 3 is 1.44 bits per heavy atom. The Kier molecular flexibility index (Phi) is 14.3. The summed E-state index contributed by atoms with van der Waals surface area (Å²) in [4.78, 5) is 36.4. The van der Waals surface area contributed by atoms with Crippen LogP contribution in [0.5, 0.6) is 0 Å². The molecule has 13 nitrogen and oxygen atoms in total. The molecule has 0 aliphatic carbocycles. The molecular formula is C39H46O13. The van der Waals surface area contributed by atoms with Gasteiger partial charge in [-0.15, -0.1) is 0 Å². The van der Waals surface area contributed by atoms with Crippen LogP contribution in [-0.2, 0) is 76.8 Å². The minimum Gasteiger partial charge on any atom is -0.456 e. The van der Waals surface area contributed by atoms with Gasteiger partial charge in [0.1, 0.15) is 24.4 Å². The van der Waals surface area contributed by atoms with Crippen molar-refractivity contribution >= 4 is 17.9 Å². The number of aliphatic hydroxyl groups excluding tert-OH is 1. The third-order valence-electron chi connectivity index (χ3n) is 8.52. The maximum Gasteiger partial charge on any atom is 0.303 e. The second-order valence-corrected chi connectivity index (χ2v) is 12.6. The van der Waals surface area contributed by atoms with Crippen LogP contribution in [0.4, 0.5) is 0 Å². The van der Waals surface area contributed by atoms with Gasteiger partial charge in [0.05, 0.1) is 32.5 Å². The number of esters is 3. The highest BCUT2D eigenvalue weighted by Gasteiger charge is 2.53. The van der Waals surface area contributed by atoms with Crippen LogP contribution in [0, 0.1) is 0 Å². The molecule has 52 heavy (non-hydrogen) atoms. The Morgan fingerprint density at radius 2 is 0.962 bits per heavy atom. The largest absolute Gasteiger partial charge is 0.456 e. The molecule has 3 aromatic carbocycles. The molecule has 2 aliphatic rings. The zero-order valence-corrected chi connectivity index (χ0v) is 29.6. The number of hydrogen-bond donors (Lipinski definition) is 1. The van der Waals surface area contributed by atoms with Gasteiger partial charge in [0, 0.05) is 20.8 Å². The Bertz CT molecular complexity index is 1560. The summed E-state index contributed by atoms with van der Waals surface area (Å²) < 4.78 is 54.3. The summed E-state index contributed by atoms with van der Waals surface area (Å²) in [7, 11) is 0. The zero-order chi connectivity index (χ0) is 37.0. The van der Waals surface area contributed by atoms with Crippen molar-refractivity contribution in [3.8, 4) is 0 Å². The molecule has 2 saturated heterocycles. The molecule has 0 saturated carbocycles. The predicted octanol–water partition coefficient (Wildman–Crippen LogP) is 4.02. The molecular weight excluding hydrogens is 676 g/mol. The van der Waals surface area contributed by atoms with E-state index in [-0.39, 0.29) is 26.4 Å². The second kappa shape index (κ2) is 19.0. The normalized spacial score (nSPS) is 28.8. The quantitative estimate of drug-likeness (QED) is 0.178. The third kappa shape index (κ3) is 10.9. The van der Waals surface area contributed by atoms with Gasteiger partial charge in [-0.3, -0.25) is 14.4 Å². The highest BCUT2D eigenvalue weighted by molar-refractivity contribution is 5.68. The van der Waals surface area contributed by atoms with Crippen LogP contribution in [0.1, 0.15) is 44.4 Å². The first kappa shape index (κ1) is 39.0. The lowest BCUT2D eigenvalue weighted by Crippen LogP contribution is -2.63. The molecule has 0 amide bonds. The van der Waals surface area contributed by atoms with Crippen LogP contribution < -0.4 is 0 Å². The molecule has 2 heterocycles. The fourth-order valence-corrected chi connectivity index (χ4v) is 6.19. The minimum atomic E-state index is -1.47. The number of benzene rings is 3. The van der Waals surface area contributed by atoms with Crippen molar-refractivity contribution in [2.45, 2.75) is 109 Å². The Hall–Kier alpha value is -4.21. The monoisotopic (exact) mass is 722 g/mol. The second-order valence-electron chi connectivity index (χ2n) is 12.6.